The highest BCUT2D eigenvalue weighted by Gasteiger charge is 2.22. The zero-order valence-corrected chi connectivity index (χ0v) is 19.2. The minimum atomic E-state index is -0.470. The number of rotatable bonds is 8. The number of fused-ring (bicyclic) bond motifs is 1. The summed E-state index contributed by atoms with van der Waals surface area (Å²) < 4.78 is 7.16. The Hall–Kier alpha value is -2.58. The van der Waals surface area contributed by atoms with Gasteiger partial charge in [0.2, 0.25) is 5.91 Å². The molecule has 0 aliphatic carbocycles. The van der Waals surface area contributed by atoms with Gasteiger partial charge in [0.15, 0.2) is 5.16 Å². The monoisotopic (exact) mass is 443 g/mol. The number of para-hydroxylation sites is 2. The zero-order chi connectivity index (χ0) is 21.8. The van der Waals surface area contributed by atoms with Crippen molar-refractivity contribution in [2.75, 3.05) is 11.9 Å². The molecule has 8 heteroatoms. The Kier molecular flexibility index (Phi) is 6.99. The number of carbonyl (C=O) groups is 1. The van der Waals surface area contributed by atoms with Crippen LogP contribution in [0.5, 0.6) is 5.75 Å². The molecule has 0 spiro atoms. The molecular weight excluding hydrogens is 418 g/mol. The predicted molar refractivity (Wildman–Crippen MR) is 125 cm³/mol. The van der Waals surface area contributed by atoms with Crippen molar-refractivity contribution in [1.29, 1.82) is 0 Å². The number of nitrogens with one attached hydrogen (secondary N) is 1. The number of ether oxygens (including phenoxy) is 1. The lowest BCUT2D eigenvalue weighted by atomic mass is 10.2. The Morgan fingerprint density at radius 3 is 2.83 bits per heavy atom. The molecule has 2 heterocycles. The van der Waals surface area contributed by atoms with Crippen molar-refractivity contribution < 1.29 is 9.53 Å². The van der Waals surface area contributed by atoms with Crippen LogP contribution in [0.1, 0.15) is 24.3 Å². The molecule has 158 valence electrons. The fourth-order valence-electron chi connectivity index (χ4n) is 2.99. The number of carbonyl (C=O) groups excluding carboxylic acids is 1. The highest BCUT2D eigenvalue weighted by molar-refractivity contribution is 8.00. The first-order chi connectivity index (χ1) is 14.4. The van der Waals surface area contributed by atoms with E-state index >= 15 is 0 Å². The first kappa shape index (κ1) is 22.1. The SMILES string of the molecule is C=CCn1c(SC(C)C(=O)Nc2ccccc2OCC)nc2sc(C)c(C)c2c1=O. The van der Waals surface area contributed by atoms with Crippen LogP contribution in [0.3, 0.4) is 0 Å². The Balaban J connectivity index is 1.90. The van der Waals surface area contributed by atoms with Crippen LogP contribution in [0.25, 0.3) is 10.2 Å². The van der Waals surface area contributed by atoms with E-state index in [0.29, 0.717) is 40.0 Å². The summed E-state index contributed by atoms with van der Waals surface area (Å²) in [7, 11) is 0. The van der Waals surface area contributed by atoms with Crippen molar-refractivity contribution in [2.24, 2.45) is 0 Å². The summed E-state index contributed by atoms with van der Waals surface area (Å²) in [5, 5.41) is 3.60. The molecule has 0 aliphatic rings. The number of aromatic nitrogens is 2. The number of nitrogens with zero attached hydrogens (tertiary/aromatic N) is 2. The Morgan fingerprint density at radius 1 is 1.40 bits per heavy atom. The third kappa shape index (κ3) is 4.44. The Morgan fingerprint density at radius 2 is 2.13 bits per heavy atom. The number of anilines is 1. The second kappa shape index (κ2) is 9.49. The molecule has 1 aromatic carbocycles. The van der Waals surface area contributed by atoms with Crippen LogP contribution in [0, 0.1) is 13.8 Å². The summed E-state index contributed by atoms with van der Waals surface area (Å²) in [6.45, 7) is 12.2. The average Bonchev–Trinajstić information content (AvgIpc) is 3.00. The summed E-state index contributed by atoms with van der Waals surface area (Å²) in [6, 6.07) is 7.32. The van der Waals surface area contributed by atoms with E-state index < -0.39 is 5.25 Å². The average molecular weight is 444 g/mol. The minimum absolute atomic E-state index is 0.0986. The molecule has 2 aromatic heterocycles. The van der Waals surface area contributed by atoms with Crippen molar-refractivity contribution in [3.63, 3.8) is 0 Å². The number of hydrogen-bond acceptors (Lipinski definition) is 6. The largest absolute Gasteiger partial charge is 0.492 e. The number of amides is 1. The molecule has 1 amide bonds. The van der Waals surface area contributed by atoms with Crippen LogP contribution in [-0.4, -0.2) is 27.3 Å². The third-order valence-corrected chi connectivity index (χ3v) is 6.85. The molecule has 0 saturated heterocycles. The molecule has 1 atom stereocenters. The van der Waals surface area contributed by atoms with Gasteiger partial charge in [0, 0.05) is 11.4 Å². The standard InChI is InChI=1S/C22H25N3O3S2/c1-6-12-25-21(27)18-13(3)14(4)29-20(18)24-22(25)30-15(5)19(26)23-16-10-8-9-11-17(16)28-7-2/h6,8-11,15H,1,7,12H2,2-5H3,(H,23,26). The minimum Gasteiger partial charge on any atom is -0.492 e. The molecule has 1 N–H and O–H groups in total. The van der Waals surface area contributed by atoms with Crippen LogP contribution in [0.2, 0.25) is 0 Å². The van der Waals surface area contributed by atoms with Crippen LogP contribution in [-0.2, 0) is 11.3 Å². The van der Waals surface area contributed by atoms with Gasteiger partial charge in [-0.3, -0.25) is 14.2 Å². The van der Waals surface area contributed by atoms with Gasteiger partial charge in [0.05, 0.1) is 22.9 Å². The van der Waals surface area contributed by atoms with Gasteiger partial charge in [0.1, 0.15) is 10.6 Å². The van der Waals surface area contributed by atoms with E-state index in [1.54, 1.807) is 23.6 Å². The van der Waals surface area contributed by atoms with E-state index in [9.17, 15) is 9.59 Å². The predicted octanol–water partition coefficient (Wildman–Crippen LogP) is 4.78. The normalized spacial score (nSPS) is 12.0. The number of allylic oxidation sites excluding steroid dienone is 1. The summed E-state index contributed by atoms with van der Waals surface area (Å²) in [4.78, 5) is 32.4. The molecule has 0 aliphatic heterocycles. The molecular formula is C22H25N3O3S2. The lowest BCUT2D eigenvalue weighted by molar-refractivity contribution is -0.115. The van der Waals surface area contributed by atoms with Gasteiger partial charge in [-0.1, -0.05) is 30.0 Å². The van der Waals surface area contributed by atoms with Gasteiger partial charge in [-0.15, -0.1) is 17.9 Å². The Labute approximate surface area is 184 Å². The highest BCUT2D eigenvalue weighted by Crippen LogP contribution is 2.30. The fourth-order valence-corrected chi connectivity index (χ4v) is 4.97. The van der Waals surface area contributed by atoms with E-state index in [-0.39, 0.29) is 11.5 Å². The van der Waals surface area contributed by atoms with Gasteiger partial charge >= 0.3 is 0 Å². The molecule has 1 unspecified atom stereocenters. The summed E-state index contributed by atoms with van der Waals surface area (Å²) in [5.74, 6) is 0.434. The smallest absolute Gasteiger partial charge is 0.263 e. The highest BCUT2D eigenvalue weighted by atomic mass is 32.2. The number of benzene rings is 1. The van der Waals surface area contributed by atoms with Crippen LogP contribution < -0.4 is 15.6 Å². The maximum absolute atomic E-state index is 13.1. The van der Waals surface area contributed by atoms with Crippen molar-refractivity contribution in [2.45, 2.75) is 44.6 Å². The molecule has 0 saturated carbocycles. The summed E-state index contributed by atoms with van der Waals surface area (Å²) in [5.41, 5.74) is 1.48. The molecule has 0 bridgehead atoms. The molecule has 6 nitrogen and oxygen atoms in total. The van der Waals surface area contributed by atoms with E-state index in [4.69, 9.17) is 9.72 Å². The Bertz CT molecular complexity index is 1150. The maximum atomic E-state index is 13.1. The first-order valence-electron chi connectivity index (χ1n) is 9.68. The van der Waals surface area contributed by atoms with Gasteiger partial charge in [-0.25, -0.2) is 4.98 Å². The number of thiophene rings is 1. The van der Waals surface area contributed by atoms with Crippen LogP contribution in [0.4, 0.5) is 5.69 Å². The quantitative estimate of drug-likeness (QED) is 0.308. The zero-order valence-electron chi connectivity index (χ0n) is 17.5. The number of aryl methyl sites for hydroxylation is 2. The first-order valence-corrected chi connectivity index (χ1v) is 11.4. The van der Waals surface area contributed by atoms with Crippen molar-refractivity contribution in [3.05, 3.63) is 57.7 Å². The van der Waals surface area contributed by atoms with E-state index in [1.807, 2.05) is 39.0 Å². The second-order valence-electron chi connectivity index (χ2n) is 6.74. The van der Waals surface area contributed by atoms with Crippen molar-refractivity contribution in [1.82, 2.24) is 9.55 Å². The summed E-state index contributed by atoms with van der Waals surface area (Å²) >= 11 is 2.76. The lowest BCUT2D eigenvalue weighted by Crippen LogP contribution is -2.27. The number of hydrogen-bond donors (Lipinski definition) is 1. The maximum Gasteiger partial charge on any atom is 0.263 e. The molecule has 0 fully saturated rings. The molecule has 3 aromatic rings. The van der Waals surface area contributed by atoms with Gasteiger partial charge in [0.25, 0.3) is 5.56 Å². The third-order valence-electron chi connectivity index (χ3n) is 4.66. The molecule has 3 rings (SSSR count). The van der Waals surface area contributed by atoms with Gasteiger partial charge in [-0.2, -0.15) is 0 Å². The van der Waals surface area contributed by atoms with Crippen molar-refractivity contribution in [3.8, 4) is 5.75 Å². The molecule has 0 radical (unpaired) electrons. The van der Waals surface area contributed by atoms with E-state index in [2.05, 4.69) is 11.9 Å². The second-order valence-corrected chi connectivity index (χ2v) is 9.25. The number of thioether (sulfide) groups is 1. The van der Waals surface area contributed by atoms with E-state index in [0.717, 1.165) is 10.4 Å². The summed E-state index contributed by atoms with van der Waals surface area (Å²) in [6.07, 6.45) is 1.66. The van der Waals surface area contributed by atoms with E-state index in [1.165, 1.54) is 23.1 Å². The van der Waals surface area contributed by atoms with Crippen LogP contribution >= 0.6 is 23.1 Å². The van der Waals surface area contributed by atoms with Crippen LogP contribution in [0.15, 0.2) is 46.9 Å². The topological polar surface area (TPSA) is 73.2 Å². The van der Waals surface area contributed by atoms with Gasteiger partial charge in [-0.05, 0) is 45.4 Å². The lowest BCUT2D eigenvalue weighted by Gasteiger charge is -2.16. The van der Waals surface area contributed by atoms with Crippen molar-refractivity contribution >= 4 is 44.9 Å². The van der Waals surface area contributed by atoms with Gasteiger partial charge < -0.3 is 10.1 Å². The fraction of sp³-hybridized carbons (Fsp3) is 0.318. The molecule has 30 heavy (non-hydrogen) atoms.